The van der Waals surface area contributed by atoms with Gasteiger partial charge in [0.05, 0.1) is 30.2 Å². The highest BCUT2D eigenvalue weighted by Crippen LogP contribution is 2.27. The Hall–Kier alpha value is -2.93. The maximum Gasteiger partial charge on any atom is 0.249 e. The number of likely N-dealkylation sites (N-methyl/N-ethyl adjacent to an activating group) is 1. The number of benzene rings is 2. The number of amides is 1. The van der Waals surface area contributed by atoms with Crippen LogP contribution >= 0.6 is 0 Å². The van der Waals surface area contributed by atoms with Crippen molar-refractivity contribution >= 4 is 15.9 Å². The van der Waals surface area contributed by atoms with Crippen LogP contribution in [0.15, 0.2) is 41.3 Å². The average Bonchev–Trinajstić information content (AvgIpc) is 2.76. The zero-order chi connectivity index (χ0) is 23.9. The molecule has 0 saturated carbocycles. The van der Waals surface area contributed by atoms with Gasteiger partial charge in [-0.3, -0.25) is 4.79 Å². The number of nitrogens with one attached hydrogen (secondary N) is 1. The molecule has 0 heterocycles. The number of nitriles is 1. The molecular weight excluding hydrogens is 430 g/mol. The van der Waals surface area contributed by atoms with Gasteiger partial charge in [-0.15, -0.1) is 0 Å². The number of sulfonamides is 1. The first-order valence-corrected chi connectivity index (χ1v) is 11.5. The van der Waals surface area contributed by atoms with E-state index in [1.165, 1.54) is 18.5 Å². The number of carbonyl (C=O) groups excluding carboxylic acids is 1. The van der Waals surface area contributed by atoms with Gasteiger partial charge in [-0.05, 0) is 61.7 Å². The minimum atomic E-state index is -3.72. The molecule has 1 atom stereocenters. The summed E-state index contributed by atoms with van der Waals surface area (Å²) in [5.74, 6) is 0.299. The Morgan fingerprint density at radius 3 is 2.31 bits per heavy atom. The van der Waals surface area contributed by atoms with E-state index in [0.29, 0.717) is 29.0 Å². The van der Waals surface area contributed by atoms with E-state index in [9.17, 15) is 13.2 Å². The monoisotopic (exact) mass is 459 g/mol. The molecule has 0 aliphatic carbocycles. The lowest BCUT2D eigenvalue weighted by Gasteiger charge is -2.21. The molecule has 0 radical (unpaired) electrons. The van der Waals surface area contributed by atoms with Gasteiger partial charge in [-0.1, -0.05) is 12.1 Å². The molecule has 0 aliphatic heterocycles. The van der Waals surface area contributed by atoms with Crippen LogP contribution in [-0.2, 0) is 26.1 Å². The Labute approximate surface area is 189 Å². The Kier molecular flexibility index (Phi) is 8.78. The number of hydrogen-bond donors (Lipinski definition) is 1. The van der Waals surface area contributed by atoms with Crippen molar-refractivity contribution < 1.29 is 22.7 Å². The van der Waals surface area contributed by atoms with Gasteiger partial charge in [-0.2, -0.15) is 9.57 Å². The normalized spacial score (nSPS) is 12.3. The topological polar surface area (TPSA) is 109 Å². The van der Waals surface area contributed by atoms with Gasteiger partial charge in [-0.25, -0.2) is 8.42 Å². The van der Waals surface area contributed by atoms with Crippen molar-refractivity contribution in [3.8, 4) is 11.8 Å². The number of aryl methyl sites for hydroxylation is 2. The van der Waals surface area contributed by atoms with Crippen LogP contribution in [0.4, 0.5) is 0 Å². The third kappa shape index (κ3) is 6.29. The summed E-state index contributed by atoms with van der Waals surface area (Å²) in [4.78, 5) is 12.5. The van der Waals surface area contributed by atoms with Crippen LogP contribution in [0.1, 0.15) is 29.2 Å². The standard InChI is InChI=1S/C23H29N3O5S/c1-16-12-21(30-5)13-17(2)22(16)32(28,29)26(4)10-11-31-18(3)23(27)25-15-20-8-6-19(14-24)7-9-20/h6-9,12-13,18H,10-11,15H2,1-5H3,(H,25,27). The molecule has 1 amide bonds. The molecule has 2 aromatic carbocycles. The summed E-state index contributed by atoms with van der Waals surface area (Å²) in [5, 5.41) is 11.6. The fourth-order valence-electron chi connectivity index (χ4n) is 3.18. The molecule has 0 aromatic heterocycles. The second kappa shape index (κ2) is 11.1. The van der Waals surface area contributed by atoms with E-state index in [2.05, 4.69) is 5.32 Å². The van der Waals surface area contributed by atoms with Gasteiger partial charge in [0.1, 0.15) is 11.9 Å². The Morgan fingerprint density at radius 1 is 1.19 bits per heavy atom. The van der Waals surface area contributed by atoms with Gasteiger partial charge in [0.15, 0.2) is 0 Å². The zero-order valence-electron chi connectivity index (χ0n) is 19.0. The third-order valence-corrected chi connectivity index (χ3v) is 7.19. The molecular formula is C23H29N3O5S. The first-order valence-electron chi connectivity index (χ1n) is 10.1. The van der Waals surface area contributed by atoms with Crippen molar-refractivity contribution in [3.05, 3.63) is 58.7 Å². The van der Waals surface area contributed by atoms with E-state index < -0.39 is 16.1 Å². The number of hydrogen-bond acceptors (Lipinski definition) is 6. The molecule has 0 aliphatic rings. The molecule has 32 heavy (non-hydrogen) atoms. The van der Waals surface area contributed by atoms with Gasteiger partial charge in [0.2, 0.25) is 15.9 Å². The molecule has 1 N–H and O–H groups in total. The van der Waals surface area contributed by atoms with Gasteiger partial charge >= 0.3 is 0 Å². The van der Waals surface area contributed by atoms with E-state index in [1.54, 1.807) is 57.2 Å². The summed E-state index contributed by atoms with van der Waals surface area (Å²) < 4.78 is 38.0. The molecule has 1 unspecified atom stereocenters. The number of carbonyl (C=O) groups is 1. The fraction of sp³-hybridized carbons (Fsp3) is 0.391. The minimum absolute atomic E-state index is 0.0649. The minimum Gasteiger partial charge on any atom is -0.497 e. The lowest BCUT2D eigenvalue weighted by Crippen LogP contribution is -2.37. The Morgan fingerprint density at radius 2 is 1.78 bits per heavy atom. The lowest BCUT2D eigenvalue weighted by atomic mass is 10.1. The first-order chi connectivity index (χ1) is 15.1. The zero-order valence-corrected chi connectivity index (χ0v) is 19.8. The highest BCUT2D eigenvalue weighted by atomic mass is 32.2. The van der Waals surface area contributed by atoms with E-state index in [-0.39, 0.29) is 24.0 Å². The molecule has 0 fully saturated rings. The van der Waals surface area contributed by atoms with Crippen molar-refractivity contribution in [2.75, 3.05) is 27.3 Å². The summed E-state index contributed by atoms with van der Waals surface area (Å²) in [7, 11) is -0.702. The second-order valence-corrected chi connectivity index (χ2v) is 9.44. The molecule has 9 heteroatoms. The maximum atomic E-state index is 13.0. The van der Waals surface area contributed by atoms with Crippen LogP contribution in [0.3, 0.4) is 0 Å². The molecule has 0 bridgehead atoms. The lowest BCUT2D eigenvalue weighted by molar-refractivity contribution is -0.131. The molecule has 172 valence electrons. The summed E-state index contributed by atoms with van der Waals surface area (Å²) >= 11 is 0. The van der Waals surface area contributed by atoms with Crippen LogP contribution < -0.4 is 10.1 Å². The summed E-state index contributed by atoms with van der Waals surface area (Å²) in [6.45, 7) is 5.54. The number of methoxy groups -OCH3 is 1. The van der Waals surface area contributed by atoms with Crippen molar-refractivity contribution in [2.24, 2.45) is 0 Å². The van der Waals surface area contributed by atoms with E-state index >= 15 is 0 Å². The molecule has 0 spiro atoms. The highest BCUT2D eigenvalue weighted by Gasteiger charge is 2.25. The second-order valence-electron chi connectivity index (χ2n) is 7.46. The molecule has 2 rings (SSSR count). The Bertz CT molecular complexity index is 1070. The van der Waals surface area contributed by atoms with E-state index in [0.717, 1.165) is 5.56 Å². The molecule has 0 saturated heterocycles. The number of ether oxygens (including phenoxy) is 2. The quantitative estimate of drug-likeness (QED) is 0.585. The number of rotatable bonds is 10. The van der Waals surface area contributed by atoms with Gasteiger partial charge < -0.3 is 14.8 Å². The van der Waals surface area contributed by atoms with Crippen LogP contribution in [0.2, 0.25) is 0 Å². The van der Waals surface area contributed by atoms with Crippen LogP contribution in [0.5, 0.6) is 5.75 Å². The predicted octanol–water partition coefficient (Wildman–Crippen LogP) is 2.53. The first kappa shape index (κ1) is 25.3. The van der Waals surface area contributed by atoms with E-state index in [4.69, 9.17) is 14.7 Å². The summed E-state index contributed by atoms with van der Waals surface area (Å²) in [6, 6.07) is 12.3. The number of nitrogens with zero attached hydrogens (tertiary/aromatic N) is 2. The summed E-state index contributed by atoms with van der Waals surface area (Å²) in [6.07, 6.45) is -0.742. The largest absolute Gasteiger partial charge is 0.497 e. The van der Waals surface area contributed by atoms with Crippen molar-refractivity contribution in [1.82, 2.24) is 9.62 Å². The third-order valence-electron chi connectivity index (χ3n) is 5.03. The van der Waals surface area contributed by atoms with Crippen LogP contribution in [-0.4, -0.2) is 52.0 Å². The van der Waals surface area contributed by atoms with Gasteiger partial charge in [0, 0.05) is 20.1 Å². The van der Waals surface area contributed by atoms with Crippen LogP contribution in [0.25, 0.3) is 0 Å². The molecule has 8 nitrogen and oxygen atoms in total. The van der Waals surface area contributed by atoms with Gasteiger partial charge in [0.25, 0.3) is 0 Å². The SMILES string of the molecule is COc1cc(C)c(S(=O)(=O)N(C)CCOC(C)C(=O)NCc2ccc(C#N)cc2)c(C)c1. The van der Waals surface area contributed by atoms with Crippen molar-refractivity contribution in [3.63, 3.8) is 0 Å². The maximum absolute atomic E-state index is 13.0. The predicted molar refractivity (Wildman–Crippen MR) is 121 cm³/mol. The average molecular weight is 460 g/mol. The van der Waals surface area contributed by atoms with Crippen molar-refractivity contribution in [1.29, 1.82) is 5.26 Å². The highest BCUT2D eigenvalue weighted by molar-refractivity contribution is 7.89. The Balaban J connectivity index is 1.89. The van der Waals surface area contributed by atoms with Crippen LogP contribution in [0, 0.1) is 25.2 Å². The van der Waals surface area contributed by atoms with Crippen molar-refractivity contribution in [2.45, 2.75) is 38.3 Å². The van der Waals surface area contributed by atoms with E-state index in [1.807, 2.05) is 6.07 Å². The smallest absolute Gasteiger partial charge is 0.249 e. The summed E-state index contributed by atoms with van der Waals surface area (Å²) in [5.41, 5.74) is 2.62. The molecule has 2 aromatic rings. The fourth-order valence-corrected chi connectivity index (χ4v) is 4.73.